The molecule has 0 bridgehead atoms. The predicted octanol–water partition coefficient (Wildman–Crippen LogP) is 4.19. The monoisotopic (exact) mass is 381 g/mol. The van der Waals surface area contributed by atoms with E-state index in [0.717, 1.165) is 15.4 Å². The van der Waals surface area contributed by atoms with Crippen LogP contribution in [-0.4, -0.2) is 26.5 Å². The SMILES string of the molecule is Cc1ccc(S(=O)(=O)N(C)c2ccc(-c3ccccc3)cc2)cc1C(=O)O. The van der Waals surface area contributed by atoms with Crippen molar-refractivity contribution in [1.29, 1.82) is 0 Å². The Morgan fingerprint density at radius 1 is 0.889 bits per heavy atom. The Labute approximate surface area is 158 Å². The molecule has 0 fully saturated rings. The maximum absolute atomic E-state index is 12.9. The summed E-state index contributed by atoms with van der Waals surface area (Å²) in [6.07, 6.45) is 0. The number of hydrogen-bond donors (Lipinski definition) is 1. The predicted molar refractivity (Wildman–Crippen MR) is 106 cm³/mol. The Morgan fingerprint density at radius 2 is 1.48 bits per heavy atom. The fourth-order valence-electron chi connectivity index (χ4n) is 2.78. The zero-order valence-corrected chi connectivity index (χ0v) is 15.8. The van der Waals surface area contributed by atoms with Crippen LogP contribution in [0.2, 0.25) is 0 Å². The highest BCUT2D eigenvalue weighted by molar-refractivity contribution is 7.92. The van der Waals surface area contributed by atoms with Gasteiger partial charge in [-0.05, 0) is 47.9 Å². The summed E-state index contributed by atoms with van der Waals surface area (Å²) in [7, 11) is -2.42. The fourth-order valence-corrected chi connectivity index (χ4v) is 4.01. The van der Waals surface area contributed by atoms with E-state index >= 15 is 0 Å². The van der Waals surface area contributed by atoms with Gasteiger partial charge in [-0.1, -0.05) is 48.5 Å². The standard InChI is InChI=1S/C21H19NO4S/c1-15-8-13-19(14-20(15)21(23)24)27(25,26)22(2)18-11-9-17(10-12-18)16-6-4-3-5-7-16/h3-14H,1-2H3,(H,23,24). The molecule has 1 N–H and O–H groups in total. The molecule has 27 heavy (non-hydrogen) atoms. The molecule has 0 aromatic heterocycles. The van der Waals surface area contributed by atoms with E-state index in [1.165, 1.54) is 25.2 Å². The number of rotatable bonds is 5. The number of carboxylic acids is 1. The minimum Gasteiger partial charge on any atom is -0.478 e. The summed E-state index contributed by atoms with van der Waals surface area (Å²) in [5.41, 5.74) is 3.00. The average molecular weight is 381 g/mol. The van der Waals surface area contributed by atoms with Gasteiger partial charge in [-0.2, -0.15) is 0 Å². The zero-order valence-electron chi connectivity index (χ0n) is 15.0. The van der Waals surface area contributed by atoms with Gasteiger partial charge in [0.1, 0.15) is 0 Å². The molecule has 6 heteroatoms. The van der Waals surface area contributed by atoms with Gasteiger partial charge in [-0.15, -0.1) is 0 Å². The molecule has 3 aromatic carbocycles. The second-order valence-corrected chi connectivity index (χ2v) is 8.14. The normalized spacial score (nSPS) is 11.2. The van der Waals surface area contributed by atoms with Crippen LogP contribution in [0.5, 0.6) is 0 Å². The molecule has 138 valence electrons. The first-order chi connectivity index (χ1) is 12.8. The number of carbonyl (C=O) groups is 1. The number of sulfonamides is 1. The lowest BCUT2D eigenvalue weighted by Gasteiger charge is -2.20. The van der Waals surface area contributed by atoms with E-state index in [9.17, 15) is 18.3 Å². The van der Waals surface area contributed by atoms with Gasteiger partial charge < -0.3 is 5.11 Å². The molecule has 3 rings (SSSR count). The van der Waals surface area contributed by atoms with E-state index in [2.05, 4.69) is 0 Å². The van der Waals surface area contributed by atoms with Crippen LogP contribution in [0.3, 0.4) is 0 Å². The van der Waals surface area contributed by atoms with Gasteiger partial charge in [-0.25, -0.2) is 13.2 Å². The van der Waals surface area contributed by atoms with Crippen molar-refractivity contribution in [2.45, 2.75) is 11.8 Å². The average Bonchev–Trinajstić information content (AvgIpc) is 2.68. The molecule has 0 radical (unpaired) electrons. The minimum absolute atomic E-state index is 0.0242. The number of aromatic carboxylic acids is 1. The first-order valence-electron chi connectivity index (χ1n) is 8.29. The molecule has 0 unspecified atom stereocenters. The van der Waals surface area contributed by atoms with Gasteiger partial charge in [0.15, 0.2) is 0 Å². The van der Waals surface area contributed by atoms with Crippen LogP contribution in [0.25, 0.3) is 11.1 Å². The smallest absolute Gasteiger partial charge is 0.335 e. The summed E-state index contributed by atoms with van der Waals surface area (Å²) >= 11 is 0. The van der Waals surface area contributed by atoms with E-state index in [4.69, 9.17) is 0 Å². The van der Waals surface area contributed by atoms with Crippen molar-refractivity contribution in [2.24, 2.45) is 0 Å². The molecule has 0 aliphatic carbocycles. The maximum atomic E-state index is 12.9. The number of aryl methyl sites for hydroxylation is 1. The quantitative estimate of drug-likeness (QED) is 0.719. The number of carboxylic acid groups (broad SMARTS) is 1. The number of anilines is 1. The maximum Gasteiger partial charge on any atom is 0.335 e. The van der Waals surface area contributed by atoms with E-state index in [-0.39, 0.29) is 10.5 Å². The summed E-state index contributed by atoms with van der Waals surface area (Å²) in [6.45, 7) is 1.63. The summed E-state index contributed by atoms with van der Waals surface area (Å²) in [5, 5.41) is 9.24. The topological polar surface area (TPSA) is 74.7 Å². The molecule has 0 heterocycles. The van der Waals surface area contributed by atoms with E-state index in [1.807, 2.05) is 42.5 Å². The number of benzene rings is 3. The molecule has 0 aliphatic heterocycles. The van der Waals surface area contributed by atoms with Crippen LogP contribution in [0.1, 0.15) is 15.9 Å². The van der Waals surface area contributed by atoms with Gasteiger partial charge in [0.2, 0.25) is 0 Å². The van der Waals surface area contributed by atoms with Crippen LogP contribution in [-0.2, 0) is 10.0 Å². The zero-order chi connectivity index (χ0) is 19.6. The summed E-state index contributed by atoms with van der Waals surface area (Å²) in [6, 6.07) is 21.1. The first-order valence-corrected chi connectivity index (χ1v) is 9.73. The largest absolute Gasteiger partial charge is 0.478 e. The van der Waals surface area contributed by atoms with Crippen LogP contribution >= 0.6 is 0 Å². The highest BCUT2D eigenvalue weighted by Crippen LogP contribution is 2.27. The van der Waals surface area contributed by atoms with Gasteiger partial charge in [0.25, 0.3) is 10.0 Å². The van der Waals surface area contributed by atoms with E-state index < -0.39 is 16.0 Å². The first kappa shape index (κ1) is 18.7. The molecule has 3 aromatic rings. The molecule has 0 saturated heterocycles. The highest BCUT2D eigenvalue weighted by atomic mass is 32.2. The summed E-state index contributed by atoms with van der Waals surface area (Å²) < 4.78 is 27.0. The Balaban J connectivity index is 1.94. The molecular formula is C21H19NO4S. The van der Waals surface area contributed by atoms with Crippen LogP contribution in [0.4, 0.5) is 5.69 Å². The van der Waals surface area contributed by atoms with E-state index in [0.29, 0.717) is 11.3 Å². The summed E-state index contributed by atoms with van der Waals surface area (Å²) in [4.78, 5) is 11.2. The van der Waals surface area contributed by atoms with Crippen molar-refractivity contribution in [1.82, 2.24) is 0 Å². The van der Waals surface area contributed by atoms with Crippen LogP contribution in [0, 0.1) is 6.92 Å². The Morgan fingerprint density at radius 3 is 2.07 bits per heavy atom. The molecule has 0 atom stereocenters. The van der Waals surface area contributed by atoms with Crippen molar-refractivity contribution in [3.63, 3.8) is 0 Å². The highest BCUT2D eigenvalue weighted by Gasteiger charge is 2.23. The Bertz CT molecular complexity index is 1070. The lowest BCUT2D eigenvalue weighted by molar-refractivity contribution is 0.0696. The Kier molecular flexibility index (Phi) is 5.01. The van der Waals surface area contributed by atoms with Crippen LogP contribution < -0.4 is 4.31 Å². The summed E-state index contributed by atoms with van der Waals surface area (Å²) in [5.74, 6) is -1.15. The number of nitrogens with zero attached hydrogens (tertiary/aromatic N) is 1. The second-order valence-electron chi connectivity index (χ2n) is 6.17. The third-order valence-corrected chi connectivity index (χ3v) is 6.22. The molecule has 0 spiro atoms. The molecule has 0 amide bonds. The third-order valence-electron chi connectivity index (χ3n) is 4.44. The van der Waals surface area contributed by atoms with Crippen molar-refractivity contribution in [2.75, 3.05) is 11.4 Å². The van der Waals surface area contributed by atoms with Crippen molar-refractivity contribution in [3.8, 4) is 11.1 Å². The van der Waals surface area contributed by atoms with Crippen LogP contribution in [0.15, 0.2) is 77.7 Å². The van der Waals surface area contributed by atoms with Gasteiger partial charge in [0, 0.05) is 7.05 Å². The lowest BCUT2D eigenvalue weighted by atomic mass is 10.1. The van der Waals surface area contributed by atoms with Gasteiger partial charge >= 0.3 is 5.97 Å². The van der Waals surface area contributed by atoms with Gasteiger partial charge in [0.05, 0.1) is 16.1 Å². The second kappa shape index (κ2) is 7.25. The van der Waals surface area contributed by atoms with Crippen molar-refractivity contribution < 1.29 is 18.3 Å². The van der Waals surface area contributed by atoms with Gasteiger partial charge in [-0.3, -0.25) is 4.31 Å². The number of hydrogen-bond acceptors (Lipinski definition) is 3. The minimum atomic E-state index is -3.87. The lowest BCUT2D eigenvalue weighted by Crippen LogP contribution is -2.26. The van der Waals surface area contributed by atoms with E-state index in [1.54, 1.807) is 19.1 Å². The fraction of sp³-hybridized carbons (Fsp3) is 0.0952. The molecular weight excluding hydrogens is 362 g/mol. The third kappa shape index (κ3) is 3.71. The molecule has 5 nitrogen and oxygen atoms in total. The van der Waals surface area contributed by atoms with Crippen molar-refractivity contribution >= 4 is 21.7 Å². The molecule has 0 saturated carbocycles. The Hall–Kier alpha value is -3.12. The molecule has 0 aliphatic rings. The van der Waals surface area contributed by atoms with Crippen molar-refractivity contribution in [3.05, 3.63) is 83.9 Å².